The molecule has 0 aliphatic heterocycles. The summed E-state index contributed by atoms with van der Waals surface area (Å²) in [6.45, 7) is 11.0. The molecule has 0 radical (unpaired) electrons. The molecule has 28 nitrogen and oxygen atoms in total. The quantitative estimate of drug-likeness (QED) is 0.0284. The highest BCUT2D eigenvalue weighted by Crippen LogP contribution is 2.38. The van der Waals surface area contributed by atoms with Crippen LogP contribution in [-0.2, 0) is 67.2 Å². The van der Waals surface area contributed by atoms with E-state index in [-0.39, 0.29) is 107 Å². The lowest BCUT2D eigenvalue weighted by molar-refractivity contribution is -0.141. The van der Waals surface area contributed by atoms with Gasteiger partial charge in [-0.2, -0.15) is 0 Å². The molecule has 0 aromatic heterocycles. The van der Waals surface area contributed by atoms with Gasteiger partial charge in [-0.25, -0.2) is 0 Å². The lowest BCUT2D eigenvalue weighted by atomic mass is 9.71. The van der Waals surface area contributed by atoms with Crippen LogP contribution in [0.15, 0.2) is 54.6 Å². The van der Waals surface area contributed by atoms with E-state index < -0.39 is 141 Å². The van der Waals surface area contributed by atoms with E-state index in [9.17, 15) is 78.6 Å². The number of carbonyl (C=O) groups is 10. The third-order valence-corrected chi connectivity index (χ3v) is 17.1. The molecule has 0 aliphatic carbocycles. The van der Waals surface area contributed by atoms with E-state index in [1.807, 2.05) is 6.92 Å². The minimum atomic E-state index is -1.51. The molecule has 95 heavy (non-hydrogen) atoms. The summed E-state index contributed by atoms with van der Waals surface area (Å²) in [5.74, 6) is -10.9. The summed E-state index contributed by atoms with van der Waals surface area (Å²) in [5, 5.41) is 79.8. The largest absolute Gasteiger partial charge is 0.504 e. The van der Waals surface area contributed by atoms with Crippen molar-refractivity contribution in [1.82, 2.24) is 37.2 Å². The van der Waals surface area contributed by atoms with Crippen molar-refractivity contribution in [3.05, 3.63) is 71.3 Å². The Hall–Kier alpha value is -8.76. The third-order valence-electron chi connectivity index (χ3n) is 17.1. The molecule has 528 valence electrons. The van der Waals surface area contributed by atoms with Crippen LogP contribution in [0.4, 0.5) is 0 Å². The number of phenols is 6. The smallest absolute Gasteiger partial charge is 0.243 e. The normalized spacial score (nSPS) is 14.6. The maximum Gasteiger partial charge on any atom is 0.243 e. The van der Waals surface area contributed by atoms with Crippen molar-refractivity contribution in [2.45, 2.75) is 200 Å². The second-order valence-electron chi connectivity index (χ2n) is 25.5. The molecule has 28 heteroatoms. The molecule has 9 atom stereocenters. The Kier molecular flexibility index (Phi) is 33.7. The first-order valence-electron chi connectivity index (χ1n) is 32.7. The second kappa shape index (κ2) is 39.8. The summed E-state index contributed by atoms with van der Waals surface area (Å²) in [6.07, 6.45) is 3.27. The lowest BCUT2D eigenvalue weighted by Crippen LogP contribution is -2.58. The van der Waals surface area contributed by atoms with Crippen LogP contribution >= 0.6 is 0 Å². The number of nitrogens with one attached hydrogen (secondary N) is 7. The number of phenolic OH excluding ortho intramolecular Hbond substituents is 6. The highest BCUT2D eigenvalue weighted by Gasteiger charge is 2.43. The van der Waals surface area contributed by atoms with E-state index in [0.29, 0.717) is 69.2 Å². The molecular formula is C67H104N12O16. The SMILES string of the molecule is CCC(C)C(=O)NC(CCCCN)C(=O)NC(Cc1ccc(O)c(O)c1)C(=O)NCCCCC(NC(=O)C(Cc1ccc(O)c(O)c1)NC(=O)C(CCCCN)NC(=O)C(C)(C)CC(C)(CC)C(=O)NC(CCCCN)C(=O)CC(Cc1ccc(O)c(O)c1)C(N)=O)C(N)=O. The Balaban J connectivity index is 1.84. The lowest BCUT2D eigenvalue weighted by Gasteiger charge is -2.37. The average Bonchev–Trinajstić information content (AvgIpc) is 0.825. The van der Waals surface area contributed by atoms with Gasteiger partial charge in [-0.1, -0.05) is 59.7 Å². The van der Waals surface area contributed by atoms with Crippen LogP contribution in [0.1, 0.15) is 161 Å². The van der Waals surface area contributed by atoms with Gasteiger partial charge in [0.2, 0.25) is 53.2 Å². The van der Waals surface area contributed by atoms with Gasteiger partial charge in [-0.15, -0.1) is 0 Å². The molecule has 0 bridgehead atoms. The Bertz CT molecular complexity index is 3080. The van der Waals surface area contributed by atoms with E-state index in [0.717, 1.165) is 0 Å². The van der Waals surface area contributed by atoms with Crippen molar-refractivity contribution >= 4 is 58.9 Å². The van der Waals surface area contributed by atoms with Gasteiger partial charge in [-0.05, 0) is 175 Å². The number of nitrogens with two attached hydrogens (primary N) is 5. The third kappa shape index (κ3) is 26.9. The topological polar surface area (TPSA) is 506 Å². The number of unbranched alkanes of at least 4 members (excludes halogenated alkanes) is 4. The number of ketones is 1. The molecule has 9 amide bonds. The van der Waals surface area contributed by atoms with Crippen molar-refractivity contribution < 1.29 is 78.6 Å². The zero-order valence-electron chi connectivity index (χ0n) is 55.7. The molecule has 0 spiro atoms. The molecule has 3 aromatic rings. The van der Waals surface area contributed by atoms with E-state index in [1.54, 1.807) is 34.6 Å². The van der Waals surface area contributed by atoms with Crippen molar-refractivity contribution in [2.75, 3.05) is 26.2 Å². The summed E-state index contributed by atoms with van der Waals surface area (Å²) >= 11 is 0. The first kappa shape index (κ1) is 80.5. The zero-order valence-corrected chi connectivity index (χ0v) is 55.7. The summed E-state index contributed by atoms with van der Waals surface area (Å²) in [4.78, 5) is 138. The number of rotatable bonds is 45. The fourth-order valence-corrected chi connectivity index (χ4v) is 10.8. The summed E-state index contributed by atoms with van der Waals surface area (Å²) < 4.78 is 0. The molecule has 0 saturated heterocycles. The first-order valence-corrected chi connectivity index (χ1v) is 32.7. The number of hydrogen-bond donors (Lipinski definition) is 18. The van der Waals surface area contributed by atoms with Crippen LogP contribution < -0.4 is 65.9 Å². The Labute approximate surface area is 555 Å². The van der Waals surface area contributed by atoms with Crippen molar-refractivity contribution in [3.63, 3.8) is 0 Å². The van der Waals surface area contributed by atoms with E-state index in [4.69, 9.17) is 28.7 Å². The predicted molar refractivity (Wildman–Crippen MR) is 355 cm³/mol. The number of benzene rings is 3. The summed E-state index contributed by atoms with van der Waals surface area (Å²) in [7, 11) is 0. The summed E-state index contributed by atoms with van der Waals surface area (Å²) in [6, 6.07) is 4.16. The fourth-order valence-electron chi connectivity index (χ4n) is 10.8. The summed E-state index contributed by atoms with van der Waals surface area (Å²) in [5.41, 5.74) is 27.2. The van der Waals surface area contributed by atoms with Gasteiger partial charge in [0.05, 0.1) is 6.04 Å². The number of primary amides is 2. The van der Waals surface area contributed by atoms with Crippen LogP contribution in [0.5, 0.6) is 34.5 Å². The van der Waals surface area contributed by atoms with Crippen LogP contribution in [0.25, 0.3) is 0 Å². The van der Waals surface area contributed by atoms with Gasteiger partial charge in [0.25, 0.3) is 0 Å². The minimum absolute atomic E-state index is 0.00584. The second-order valence-corrected chi connectivity index (χ2v) is 25.5. The van der Waals surface area contributed by atoms with Gasteiger partial charge < -0.3 is 96.5 Å². The molecule has 0 aliphatic rings. The molecule has 0 heterocycles. The Morgan fingerprint density at radius 1 is 0.442 bits per heavy atom. The maximum atomic E-state index is 14.6. The van der Waals surface area contributed by atoms with Gasteiger partial charge >= 0.3 is 0 Å². The van der Waals surface area contributed by atoms with Gasteiger partial charge in [-0.3, -0.25) is 47.9 Å². The van der Waals surface area contributed by atoms with Gasteiger partial charge in [0.15, 0.2) is 40.3 Å². The van der Waals surface area contributed by atoms with E-state index in [1.165, 1.54) is 54.6 Å². The molecule has 0 fully saturated rings. The van der Waals surface area contributed by atoms with E-state index in [2.05, 4.69) is 37.2 Å². The number of Topliss-reactive ketones (excluding diaryl/α,β-unsaturated/α-hetero) is 1. The molecule has 0 saturated carbocycles. The fraction of sp³-hybridized carbons (Fsp3) is 0.582. The number of hydrogen-bond acceptors (Lipinski definition) is 19. The molecule has 23 N–H and O–H groups in total. The highest BCUT2D eigenvalue weighted by molar-refractivity contribution is 5.97. The maximum absolute atomic E-state index is 14.6. The highest BCUT2D eigenvalue weighted by atomic mass is 16.3. The standard InChI is InChI=1S/C67H104N12O16/c1-7-39(3)59(89)75-46(19-10-14-28-69)61(91)76-48(32-41-22-25-51(81)55(85)35-41)60(90)73-30-16-12-18-45(58(72)88)74-63(93)49(33-42-23-26-52(82)56(86)36-42)77-62(92)47(20-11-15-29-70)79-64(94)66(4,5)38-67(6,8-2)65(95)78-44(17-9-13-27-68)53(83)37-43(57(71)87)31-40-21-24-50(80)54(84)34-40/h21-26,34-36,39,43-49,80-82,84-86H,7-20,27-33,37-38,68-70H2,1-6H3,(H2,71,87)(H2,72,88)(H,73,90)(H,74,93)(H,75,89)(H,76,91)(H,77,92)(H,78,95)(H,79,94). The predicted octanol–water partition coefficient (Wildman–Crippen LogP) is 1.96. The van der Waals surface area contributed by atoms with Crippen molar-refractivity contribution in [3.8, 4) is 34.5 Å². The number of carbonyl (C=O) groups excluding carboxylic acids is 10. The van der Waals surface area contributed by atoms with Gasteiger partial charge in [0, 0.05) is 48.5 Å². The number of amides is 9. The Morgan fingerprint density at radius 3 is 1.26 bits per heavy atom. The molecule has 3 rings (SSSR count). The van der Waals surface area contributed by atoms with Crippen molar-refractivity contribution in [2.24, 2.45) is 51.3 Å². The molecule has 3 aromatic carbocycles. The Morgan fingerprint density at radius 2 is 0.832 bits per heavy atom. The van der Waals surface area contributed by atoms with Crippen LogP contribution in [0.3, 0.4) is 0 Å². The molecule has 9 unspecified atom stereocenters. The monoisotopic (exact) mass is 1330 g/mol. The molecular weight excluding hydrogens is 1230 g/mol. The first-order chi connectivity index (χ1) is 44.8. The average molecular weight is 1330 g/mol. The zero-order chi connectivity index (χ0) is 71.2. The van der Waals surface area contributed by atoms with Crippen molar-refractivity contribution in [1.29, 1.82) is 0 Å². The van der Waals surface area contributed by atoms with Crippen LogP contribution in [0, 0.1) is 22.7 Å². The van der Waals surface area contributed by atoms with Crippen LogP contribution in [0.2, 0.25) is 0 Å². The minimum Gasteiger partial charge on any atom is -0.504 e. The number of aromatic hydroxyl groups is 6. The van der Waals surface area contributed by atoms with Crippen LogP contribution in [-0.4, -0.2) is 152 Å². The van der Waals surface area contributed by atoms with Gasteiger partial charge in [0.1, 0.15) is 30.2 Å². The van der Waals surface area contributed by atoms with E-state index >= 15 is 0 Å².